The van der Waals surface area contributed by atoms with Crippen LogP contribution in [0.4, 0.5) is 4.39 Å². The molecule has 0 fully saturated rings. The van der Waals surface area contributed by atoms with Gasteiger partial charge in [0.2, 0.25) is 0 Å². The van der Waals surface area contributed by atoms with Crippen LogP contribution in [0.25, 0.3) is 0 Å². The van der Waals surface area contributed by atoms with Gasteiger partial charge in [0.15, 0.2) is 11.6 Å². The molecule has 1 aromatic rings. The molecule has 1 unspecified atom stereocenters. The summed E-state index contributed by atoms with van der Waals surface area (Å²) < 4.78 is 41.7. The van der Waals surface area contributed by atoms with Crippen LogP contribution in [0.15, 0.2) is 18.2 Å². The predicted octanol–water partition coefficient (Wildman–Crippen LogP) is 2.31. The van der Waals surface area contributed by atoms with Crippen molar-refractivity contribution >= 4 is 9.84 Å². The molecule has 0 saturated heterocycles. The van der Waals surface area contributed by atoms with E-state index in [0.29, 0.717) is 6.42 Å². The first-order valence-corrected chi connectivity index (χ1v) is 8.51. The van der Waals surface area contributed by atoms with Crippen LogP contribution < -0.4 is 10.1 Å². The maximum Gasteiger partial charge on any atom is 0.165 e. The van der Waals surface area contributed by atoms with Gasteiger partial charge in [-0.15, -0.1) is 0 Å². The van der Waals surface area contributed by atoms with Crippen molar-refractivity contribution in [1.82, 2.24) is 5.32 Å². The molecule has 0 aliphatic heterocycles. The molecule has 0 spiro atoms. The van der Waals surface area contributed by atoms with Gasteiger partial charge in [-0.25, -0.2) is 12.8 Å². The van der Waals surface area contributed by atoms with E-state index in [1.807, 2.05) is 6.92 Å². The Morgan fingerprint density at radius 2 is 2.10 bits per heavy atom. The summed E-state index contributed by atoms with van der Waals surface area (Å²) in [5.74, 6) is -0.0771. The molecule has 0 aliphatic rings. The Hall–Kier alpha value is -1.14. The Labute approximate surface area is 120 Å². The number of ether oxygens (including phenoxy) is 1. The maximum atomic E-state index is 13.8. The lowest BCUT2D eigenvalue weighted by atomic mass is 10.1. The number of rotatable bonds is 8. The largest absolute Gasteiger partial charge is 0.490 e. The van der Waals surface area contributed by atoms with Gasteiger partial charge in [-0.3, -0.25) is 0 Å². The van der Waals surface area contributed by atoms with Gasteiger partial charge in [-0.2, -0.15) is 0 Å². The molecule has 1 aromatic carbocycles. The number of hydrogen-bond acceptors (Lipinski definition) is 4. The molecule has 6 heteroatoms. The van der Waals surface area contributed by atoms with Gasteiger partial charge in [0.05, 0.1) is 12.4 Å². The van der Waals surface area contributed by atoms with Crippen LogP contribution in [0, 0.1) is 5.82 Å². The average molecular weight is 303 g/mol. The van der Waals surface area contributed by atoms with E-state index in [9.17, 15) is 12.8 Å². The molecule has 1 rings (SSSR count). The van der Waals surface area contributed by atoms with Crippen molar-refractivity contribution in [3.8, 4) is 5.75 Å². The Kier molecular flexibility index (Phi) is 6.42. The van der Waals surface area contributed by atoms with Gasteiger partial charge in [-0.05, 0) is 38.1 Å². The van der Waals surface area contributed by atoms with Crippen LogP contribution in [0.5, 0.6) is 5.75 Å². The Balaban J connectivity index is 2.53. The zero-order chi connectivity index (χ0) is 15.2. The van der Waals surface area contributed by atoms with Crippen LogP contribution >= 0.6 is 0 Å². The highest BCUT2D eigenvalue weighted by atomic mass is 32.2. The zero-order valence-electron chi connectivity index (χ0n) is 12.1. The summed E-state index contributed by atoms with van der Waals surface area (Å²) in [4.78, 5) is 0. The van der Waals surface area contributed by atoms with Crippen molar-refractivity contribution in [2.24, 2.45) is 0 Å². The van der Waals surface area contributed by atoms with E-state index >= 15 is 0 Å². The molecule has 0 aromatic heterocycles. The lowest BCUT2D eigenvalue weighted by Crippen LogP contribution is -2.13. The zero-order valence-corrected chi connectivity index (χ0v) is 13.0. The highest BCUT2D eigenvalue weighted by molar-refractivity contribution is 7.91. The normalized spacial score (nSPS) is 13.2. The smallest absolute Gasteiger partial charge is 0.165 e. The fraction of sp³-hybridized carbons (Fsp3) is 0.571. The summed E-state index contributed by atoms with van der Waals surface area (Å²) in [6.07, 6.45) is 0.365. The van der Waals surface area contributed by atoms with E-state index in [0.717, 1.165) is 5.56 Å². The molecular formula is C14H22FNO3S. The van der Waals surface area contributed by atoms with Gasteiger partial charge in [0.25, 0.3) is 0 Å². The first-order chi connectivity index (χ1) is 9.39. The first kappa shape index (κ1) is 16.9. The number of sulfone groups is 1. The molecule has 0 amide bonds. The Bertz CT molecular complexity index is 531. The average Bonchev–Trinajstić information content (AvgIpc) is 2.44. The minimum atomic E-state index is -2.99. The Morgan fingerprint density at radius 1 is 1.40 bits per heavy atom. The van der Waals surface area contributed by atoms with Crippen molar-refractivity contribution in [2.75, 3.05) is 25.2 Å². The molecule has 0 aliphatic carbocycles. The highest BCUT2D eigenvalue weighted by Gasteiger charge is 2.10. The van der Waals surface area contributed by atoms with E-state index < -0.39 is 15.7 Å². The van der Waals surface area contributed by atoms with E-state index in [4.69, 9.17) is 4.74 Å². The quantitative estimate of drug-likeness (QED) is 0.749. The van der Waals surface area contributed by atoms with Crippen molar-refractivity contribution in [2.45, 2.75) is 26.3 Å². The van der Waals surface area contributed by atoms with Crippen LogP contribution in [0.2, 0.25) is 0 Å². The third-order valence-electron chi connectivity index (χ3n) is 3.19. The lowest BCUT2D eigenvalue weighted by molar-refractivity contribution is 0.301. The first-order valence-electron chi connectivity index (χ1n) is 6.69. The summed E-state index contributed by atoms with van der Waals surface area (Å²) in [6, 6.07) is 4.86. The van der Waals surface area contributed by atoms with Crippen LogP contribution in [0.1, 0.15) is 31.9 Å². The Morgan fingerprint density at radius 3 is 2.65 bits per heavy atom. The summed E-state index contributed by atoms with van der Waals surface area (Å²) >= 11 is 0. The second-order valence-corrected chi connectivity index (χ2v) is 7.11. The topological polar surface area (TPSA) is 55.4 Å². The molecule has 0 saturated carbocycles. The molecule has 114 valence electrons. The standard InChI is InChI=1S/C14H22FNO3S/c1-4-20(17,18)9-5-8-19-14-7-6-12(10-13(14)15)11(2)16-3/h6-7,10-11,16H,4-5,8-9H2,1-3H3. The second kappa shape index (κ2) is 7.59. The molecule has 0 bridgehead atoms. The fourth-order valence-electron chi connectivity index (χ4n) is 1.68. The molecule has 20 heavy (non-hydrogen) atoms. The molecule has 0 heterocycles. The van der Waals surface area contributed by atoms with Crippen molar-refractivity contribution in [1.29, 1.82) is 0 Å². The molecule has 1 atom stereocenters. The minimum absolute atomic E-state index is 0.0632. The lowest BCUT2D eigenvalue weighted by Gasteiger charge is -2.13. The second-order valence-electron chi connectivity index (χ2n) is 4.64. The maximum absolute atomic E-state index is 13.8. The van der Waals surface area contributed by atoms with Gasteiger partial charge in [0.1, 0.15) is 9.84 Å². The van der Waals surface area contributed by atoms with Crippen molar-refractivity contribution in [3.05, 3.63) is 29.6 Å². The van der Waals surface area contributed by atoms with E-state index in [-0.39, 0.29) is 29.9 Å². The third kappa shape index (κ3) is 5.09. The van der Waals surface area contributed by atoms with Crippen molar-refractivity contribution < 1.29 is 17.5 Å². The van der Waals surface area contributed by atoms with Crippen LogP contribution in [0.3, 0.4) is 0 Å². The van der Waals surface area contributed by atoms with Crippen LogP contribution in [-0.4, -0.2) is 33.6 Å². The minimum Gasteiger partial charge on any atom is -0.490 e. The summed E-state index contributed by atoms with van der Waals surface area (Å²) in [6.45, 7) is 3.74. The molecule has 0 radical (unpaired) electrons. The SMILES string of the molecule is CCS(=O)(=O)CCCOc1ccc(C(C)NC)cc1F. The number of benzene rings is 1. The van der Waals surface area contributed by atoms with Gasteiger partial charge >= 0.3 is 0 Å². The van der Waals surface area contributed by atoms with Gasteiger partial charge < -0.3 is 10.1 Å². The molecular weight excluding hydrogens is 281 g/mol. The molecule has 1 N–H and O–H groups in total. The summed E-state index contributed by atoms with van der Waals surface area (Å²) in [5.41, 5.74) is 0.839. The highest BCUT2D eigenvalue weighted by Crippen LogP contribution is 2.22. The summed E-state index contributed by atoms with van der Waals surface area (Å²) in [7, 11) is -1.18. The number of hydrogen-bond donors (Lipinski definition) is 1. The number of halogens is 1. The third-order valence-corrected chi connectivity index (χ3v) is 4.98. The van der Waals surface area contributed by atoms with Crippen LogP contribution in [-0.2, 0) is 9.84 Å². The predicted molar refractivity (Wildman–Crippen MR) is 78.3 cm³/mol. The van der Waals surface area contributed by atoms with Gasteiger partial charge in [-0.1, -0.05) is 13.0 Å². The van der Waals surface area contributed by atoms with Gasteiger partial charge in [0, 0.05) is 11.8 Å². The monoisotopic (exact) mass is 303 g/mol. The summed E-state index contributed by atoms with van der Waals surface area (Å²) in [5, 5.41) is 3.03. The van der Waals surface area contributed by atoms with Crippen molar-refractivity contribution in [3.63, 3.8) is 0 Å². The fourth-order valence-corrected chi connectivity index (χ4v) is 2.52. The molecule has 4 nitrogen and oxygen atoms in total. The van der Waals surface area contributed by atoms with E-state index in [1.165, 1.54) is 6.07 Å². The number of nitrogens with one attached hydrogen (secondary N) is 1. The van der Waals surface area contributed by atoms with E-state index in [2.05, 4.69) is 5.32 Å². The van der Waals surface area contributed by atoms with E-state index in [1.54, 1.807) is 26.1 Å².